The van der Waals surface area contributed by atoms with E-state index in [1.54, 1.807) is 0 Å². The minimum absolute atomic E-state index is 0.0247. The van der Waals surface area contributed by atoms with Crippen molar-refractivity contribution < 1.29 is 4.65 Å². The van der Waals surface area contributed by atoms with E-state index in [4.69, 9.17) is 4.65 Å². The molecule has 182 valence electrons. The first kappa shape index (κ1) is 25.0. The van der Waals surface area contributed by atoms with Crippen molar-refractivity contribution in [2.24, 2.45) is 0 Å². The van der Waals surface area contributed by atoms with E-state index in [0.717, 1.165) is 0 Å². The van der Waals surface area contributed by atoms with Gasteiger partial charge in [-0.25, -0.2) is 0 Å². The van der Waals surface area contributed by atoms with Crippen molar-refractivity contribution in [3.8, 4) is 11.1 Å². The van der Waals surface area contributed by atoms with Crippen LogP contribution in [0.1, 0.15) is 52.7 Å². The average molecular weight is 490 g/mol. The Balaban J connectivity index is 1.84. The van der Waals surface area contributed by atoms with Gasteiger partial charge >= 0.3 is 6.92 Å². The second-order valence-electron chi connectivity index (χ2n) is 11.7. The molecule has 3 heteroatoms. The van der Waals surface area contributed by atoms with E-state index in [9.17, 15) is 0 Å². The first-order valence-electron chi connectivity index (χ1n) is 12.9. The van der Waals surface area contributed by atoms with Crippen molar-refractivity contribution in [2.45, 2.75) is 57.2 Å². The van der Waals surface area contributed by atoms with Gasteiger partial charge in [-0.05, 0) is 43.5 Å². The molecule has 1 nitrogen and oxygen atoms in total. The topological polar surface area (TPSA) is 9.23 Å². The molecule has 0 bridgehead atoms. The van der Waals surface area contributed by atoms with Gasteiger partial charge in [0.1, 0.15) is 5.34 Å². The minimum Gasteiger partial charge on any atom is -0.410 e. The van der Waals surface area contributed by atoms with E-state index in [1.165, 1.54) is 33.2 Å². The van der Waals surface area contributed by atoms with Crippen molar-refractivity contribution >= 4 is 25.8 Å². The molecule has 36 heavy (non-hydrogen) atoms. The van der Waals surface area contributed by atoms with Crippen LogP contribution in [0.25, 0.3) is 11.1 Å². The SMILES string of the molecule is CC(C)(C)P(C(C)(C)C)C(OB1c2ccccc2-c2ccccc21)(c1ccccc1)c1ccccc1. The van der Waals surface area contributed by atoms with E-state index in [-0.39, 0.29) is 17.2 Å². The van der Waals surface area contributed by atoms with Gasteiger partial charge in [0.05, 0.1) is 0 Å². The quantitative estimate of drug-likeness (QED) is 0.205. The summed E-state index contributed by atoms with van der Waals surface area (Å²) in [6.45, 7) is 14.2. The summed E-state index contributed by atoms with van der Waals surface area (Å²) in [6, 6.07) is 39.5. The van der Waals surface area contributed by atoms with Crippen molar-refractivity contribution in [1.29, 1.82) is 0 Å². The third-order valence-electron chi connectivity index (χ3n) is 7.05. The van der Waals surface area contributed by atoms with E-state index in [1.807, 2.05) is 0 Å². The Bertz CT molecular complexity index is 1240. The van der Waals surface area contributed by atoms with Gasteiger partial charge in [0.25, 0.3) is 0 Å². The molecule has 0 atom stereocenters. The number of hydrogen-bond donors (Lipinski definition) is 0. The van der Waals surface area contributed by atoms with E-state index < -0.39 is 13.3 Å². The van der Waals surface area contributed by atoms with Crippen LogP contribution in [0.2, 0.25) is 0 Å². The zero-order chi connectivity index (χ0) is 25.6. The first-order chi connectivity index (χ1) is 17.1. The van der Waals surface area contributed by atoms with Gasteiger partial charge in [-0.3, -0.25) is 0 Å². The lowest BCUT2D eigenvalue weighted by Gasteiger charge is -2.55. The van der Waals surface area contributed by atoms with Crippen LogP contribution in [-0.4, -0.2) is 17.2 Å². The normalized spacial score (nSPS) is 13.6. The molecule has 0 aromatic heterocycles. The molecule has 0 N–H and O–H groups in total. The molecule has 1 aliphatic rings. The fraction of sp³-hybridized carbons (Fsp3) is 0.273. The van der Waals surface area contributed by atoms with E-state index in [2.05, 4.69) is 151 Å². The van der Waals surface area contributed by atoms with Crippen LogP contribution in [0.3, 0.4) is 0 Å². The van der Waals surface area contributed by atoms with Crippen LogP contribution >= 0.6 is 7.92 Å². The third kappa shape index (κ3) is 4.25. The molecule has 0 radical (unpaired) electrons. The monoisotopic (exact) mass is 490 g/mol. The lowest BCUT2D eigenvalue weighted by atomic mass is 9.58. The Morgan fingerprint density at radius 3 is 1.25 bits per heavy atom. The summed E-state index contributed by atoms with van der Waals surface area (Å²) in [4.78, 5) is 0. The fourth-order valence-corrected chi connectivity index (χ4v) is 11.2. The highest BCUT2D eigenvalue weighted by atomic mass is 31.1. The first-order valence-corrected chi connectivity index (χ1v) is 14.3. The average Bonchev–Trinajstić information content (AvgIpc) is 3.16. The van der Waals surface area contributed by atoms with Crippen LogP contribution < -0.4 is 10.9 Å². The highest BCUT2D eigenvalue weighted by Crippen LogP contribution is 2.73. The standard InChI is InChI=1S/C33H36BOP/c1-31(2,3)36(32(4,5)6)33(25-17-9-7-10-18-25,26-19-11-8-12-20-26)35-34-29-23-15-13-21-27(29)28-22-14-16-24-30(28)34/h7-24H,1-6H3. The molecule has 4 aromatic carbocycles. The van der Waals surface area contributed by atoms with Crippen molar-refractivity contribution in [3.05, 3.63) is 120 Å². The Morgan fingerprint density at radius 2 is 0.861 bits per heavy atom. The van der Waals surface area contributed by atoms with Crippen molar-refractivity contribution in [2.75, 3.05) is 0 Å². The maximum atomic E-state index is 7.77. The number of hydrogen-bond acceptors (Lipinski definition) is 1. The van der Waals surface area contributed by atoms with Crippen LogP contribution in [0.15, 0.2) is 109 Å². The largest absolute Gasteiger partial charge is 0.410 e. The van der Waals surface area contributed by atoms with Crippen LogP contribution in [0, 0.1) is 0 Å². The summed E-state index contributed by atoms with van der Waals surface area (Å²) >= 11 is 0. The van der Waals surface area contributed by atoms with Gasteiger partial charge in [0, 0.05) is 0 Å². The lowest BCUT2D eigenvalue weighted by Crippen LogP contribution is -2.51. The summed E-state index contributed by atoms with van der Waals surface area (Å²) in [5.74, 6) is 0. The number of benzene rings is 4. The van der Waals surface area contributed by atoms with Gasteiger partial charge in [0.2, 0.25) is 0 Å². The van der Waals surface area contributed by atoms with E-state index >= 15 is 0 Å². The summed E-state index contributed by atoms with van der Waals surface area (Å²) in [5, 5.41) is -0.558. The molecular formula is C33H36BOP. The molecular weight excluding hydrogens is 454 g/mol. The Labute approximate surface area is 218 Å². The number of rotatable bonds is 5. The van der Waals surface area contributed by atoms with E-state index in [0.29, 0.717) is 0 Å². The maximum absolute atomic E-state index is 7.77. The smallest absolute Gasteiger partial charge is 0.364 e. The summed E-state index contributed by atoms with van der Waals surface area (Å²) < 4.78 is 7.77. The van der Waals surface area contributed by atoms with Crippen LogP contribution in [0.4, 0.5) is 0 Å². The van der Waals surface area contributed by atoms with Gasteiger partial charge in [-0.2, -0.15) is 0 Å². The molecule has 0 unspecified atom stereocenters. The highest BCUT2D eigenvalue weighted by Gasteiger charge is 2.55. The second kappa shape index (κ2) is 9.33. The molecule has 0 saturated heterocycles. The predicted molar refractivity (Wildman–Crippen MR) is 158 cm³/mol. The number of fused-ring (bicyclic) bond motifs is 3. The lowest BCUT2D eigenvalue weighted by molar-refractivity contribution is 0.205. The minimum atomic E-state index is -0.760. The Kier molecular flexibility index (Phi) is 6.48. The van der Waals surface area contributed by atoms with Gasteiger partial charge in [-0.15, -0.1) is 0 Å². The predicted octanol–water partition coefficient (Wildman–Crippen LogP) is 7.77. The fourth-order valence-electron chi connectivity index (χ4n) is 6.30. The molecule has 0 saturated carbocycles. The molecule has 5 rings (SSSR count). The zero-order valence-electron chi connectivity index (χ0n) is 22.3. The van der Waals surface area contributed by atoms with Crippen molar-refractivity contribution in [1.82, 2.24) is 0 Å². The van der Waals surface area contributed by atoms with Gasteiger partial charge < -0.3 is 4.65 Å². The molecule has 0 spiro atoms. The highest BCUT2D eigenvalue weighted by molar-refractivity contribution is 7.62. The summed E-state index contributed by atoms with van der Waals surface area (Å²) in [7, 11) is -0.760. The van der Waals surface area contributed by atoms with Crippen molar-refractivity contribution in [3.63, 3.8) is 0 Å². The Morgan fingerprint density at radius 1 is 0.500 bits per heavy atom. The maximum Gasteiger partial charge on any atom is 0.364 e. The molecule has 0 amide bonds. The Hall–Kier alpha value is -2.67. The molecule has 1 aliphatic heterocycles. The molecule has 1 heterocycles. The summed E-state index contributed by atoms with van der Waals surface area (Å²) in [6.07, 6.45) is 0. The zero-order valence-corrected chi connectivity index (χ0v) is 23.2. The van der Waals surface area contributed by atoms with Crippen LogP contribution in [-0.2, 0) is 10.00 Å². The second-order valence-corrected chi connectivity index (χ2v) is 15.7. The van der Waals surface area contributed by atoms with Crippen LogP contribution in [0.5, 0.6) is 0 Å². The molecule has 0 fully saturated rings. The molecule has 0 aliphatic carbocycles. The van der Waals surface area contributed by atoms with Gasteiger partial charge in [0.15, 0.2) is 0 Å². The third-order valence-corrected chi connectivity index (χ3v) is 11.0. The summed E-state index contributed by atoms with van der Waals surface area (Å²) in [5.41, 5.74) is 7.54. The van der Waals surface area contributed by atoms with Gasteiger partial charge in [-0.1, -0.05) is 159 Å². The molecule has 4 aromatic rings.